The van der Waals surface area contributed by atoms with E-state index in [1.54, 1.807) is 12.0 Å². The Balaban J connectivity index is 1.93. The lowest BCUT2D eigenvalue weighted by Crippen LogP contribution is -2.49. The van der Waals surface area contributed by atoms with Gasteiger partial charge in [-0.15, -0.1) is 0 Å². The fourth-order valence-electron chi connectivity index (χ4n) is 2.63. The van der Waals surface area contributed by atoms with E-state index in [9.17, 15) is 13.2 Å². The maximum atomic E-state index is 12.4. The third-order valence-corrected chi connectivity index (χ3v) is 4.43. The number of nitrogens with one attached hydrogen (secondary N) is 1. The second kappa shape index (κ2) is 7.11. The second-order valence-electron chi connectivity index (χ2n) is 5.59. The first-order valence-electron chi connectivity index (χ1n) is 7.25. The van der Waals surface area contributed by atoms with Crippen molar-refractivity contribution in [2.24, 2.45) is 0 Å². The number of ether oxygens (including phenoxy) is 1. The first-order chi connectivity index (χ1) is 10.4. The Morgan fingerprint density at radius 1 is 1.36 bits per heavy atom. The Morgan fingerprint density at radius 2 is 2.05 bits per heavy atom. The molecule has 6 nitrogen and oxygen atoms in total. The molecule has 0 spiro atoms. The fraction of sp³-hybridized carbons (Fsp3) is 0.533. The molecule has 1 aliphatic rings. The van der Waals surface area contributed by atoms with Gasteiger partial charge in [0.2, 0.25) is 15.9 Å². The molecule has 0 unspecified atom stereocenters. The zero-order valence-electron chi connectivity index (χ0n) is 12.9. The summed E-state index contributed by atoms with van der Waals surface area (Å²) in [6.45, 7) is 1.11. The molecule has 1 amide bonds. The minimum absolute atomic E-state index is 0.0187. The second-order valence-corrected chi connectivity index (χ2v) is 7.37. The number of amides is 1. The number of hydrogen-bond donors (Lipinski definition) is 1. The van der Waals surface area contributed by atoms with E-state index >= 15 is 0 Å². The molecule has 0 radical (unpaired) electrons. The van der Waals surface area contributed by atoms with Crippen LogP contribution in [0.3, 0.4) is 0 Å². The molecule has 1 heterocycles. The van der Waals surface area contributed by atoms with Crippen molar-refractivity contribution in [3.8, 4) is 5.75 Å². The molecule has 1 atom stereocenters. The van der Waals surface area contributed by atoms with Crippen LogP contribution in [0.2, 0.25) is 0 Å². The Hall–Kier alpha value is -1.60. The molecule has 2 rings (SSSR count). The minimum Gasteiger partial charge on any atom is -0.497 e. The largest absolute Gasteiger partial charge is 0.497 e. The normalized spacial score (nSPS) is 19.0. The van der Waals surface area contributed by atoms with Crippen LogP contribution in [-0.4, -0.2) is 51.7 Å². The highest BCUT2D eigenvalue weighted by Crippen LogP contribution is 2.15. The maximum absolute atomic E-state index is 12.4. The molecule has 1 aliphatic heterocycles. The number of nitrogens with zero attached hydrogens (tertiary/aromatic N) is 1. The smallest absolute Gasteiger partial charge is 0.227 e. The number of hydrogen-bond acceptors (Lipinski definition) is 4. The number of piperidine rings is 1. The fourth-order valence-corrected chi connectivity index (χ4v) is 3.43. The number of sulfonamides is 1. The third kappa shape index (κ3) is 4.99. The Bertz CT molecular complexity index is 613. The molecule has 1 fully saturated rings. The molecule has 1 aromatic rings. The van der Waals surface area contributed by atoms with E-state index in [1.807, 2.05) is 24.3 Å². The molecule has 1 N–H and O–H groups in total. The summed E-state index contributed by atoms with van der Waals surface area (Å²) in [6.07, 6.45) is 3.03. The molecular weight excluding hydrogens is 304 g/mol. The third-order valence-electron chi connectivity index (χ3n) is 3.67. The Labute approximate surface area is 131 Å². The summed E-state index contributed by atoms with van der Waals surface area (Å²) in [5, 5.41) is 0. The summed E-state index contributed by atoms with van der Waals surface area (Å²) >= 11 is 0. The summed E-state index contributed by atoms with van der Waals surface area (Å²) in [5.41, 5.74) is 0.920. The van der Waals surface area contributed by atoms with Gasteiger partial charge in [-0.1, -0.05) is 12.1 Å². The molecule has 0 aromatic heterocycles. The van der Waals surface area contributed by atoms with E-state index < -0.39 is 10.0 Å². The first-order valence-corrected chi connectivity index (χ1v) is 9.14. The number of methoxy groups -OCH3 is 1. The van der Waals surface area contributed by atoms with Crippen molar-refractivity contribution in [1.29, 1.82) is 0 Å². The van der Waals surface area contributed by atoms with Crippen LogP contribution >= 0.6 is 0 Å². The lowest BCUT2D eigenvalue weighted by atomic mass is 10.1. The molecule has 0 aliphatic carbocycles. The van der Waals surface area contributed by atoms with Gasteiger partial charge in [0.15, 0.2) is 0 Å². The van der Waals surface area contributed by atoms with Crippen molar-refractivity contribution in [1.82, 2.24) is 9.62 Å². The lowest BCUT2D eigenvalue weighted by Gasteiger charge is -2.32. The lowest BCUT2D eigenvalue weighted by molar-refractivity contribution is -0.131. The summed E-state index contributed by atoms with van der Waals surface area (Å²) in [5.74, 6) is 0.775. The molecule has 1 saturated heterocycles. The quantitative estimate of drug-likeness (QED) is 0.867. The summed E-state index contributed by atoms with van der Waals surface area (Å²) in [6, 6.07) is 7.20. The van der Waals surface area contributed by atoms with Crippen molar-refractivity contribution in [3.63, 3.8) is 0 Å². The van der Waals surface area contributed by atoms with Gasteiger partial charge in [-0.2, -0.15) is 0 Å². The van der Waals surface area contributed by atoms with Gasteiger partial charge >= 0.3 is 0 Å². The van der Waals surface area contributed by atoms with Crippen LogP contribution in [-0.2, 0) is 21.2 Å². The molecule has 1 aromatic carbocycles. The van der Waals surface area contributed by atoms with Gasteiger partial charge in [0.25, 0.3) is 0 Å². The first kappa shape index (κ1) is 16.8. The highest BCUT2D eigenvalue weighted by atomic mass is 32.2. The number of carbonyl (C=O) groups is 1. The average Bonchev–Trinajstić information content (AvgIpc) is 2.46. The Kier molecular flexibility index (Phi) is 5.42. The molecule has 0 bridgehead atoms. The topological polar surface area (TPSA) is 75.7 Å². The van der Waals surface area contributed by atoms with Gasteiger partial charge in [0, 0.05) is 19.1 Å². The number of carbonyl (C=O) groups excluding carboxylic acids is 1. The molecular formula is C15H22N2O4S. The molecule has 22 heavy (non-hydrogen) atoms. The van der Waals surface area contributed by atoms with Gasteiger partial charge < -0.3 is 9.64 Å². The predicted molar refractivity (Wildman–Crippen MR) is 84.3 cm³/mol. The molecule has 7 heteroatoms. The highest BCUT2D eigenvalue weighted by molar-refractivity contribution is 7.88. The number of benzene rings is 1. The van der Waals surface area contributed by atoms with E-state index in [4.69, 9.17) is 4.74 Å². The van der Waals surface area contributed by atoms with Gasteiger partial charge in [0.1, 0.15) is 5.75 Å². The minimum atomic E-state index is -3.24. The standard InChI is InChI=1S/C15H22N2O4S/c1-21-14-7-5-12(6-8-14)10-15(18)17-9-3-4-13(11-17)16-22(2,19)20/h5-8,13,16H,3-4,9-11H2,1-2H3/t13-/m1/s1. The monoisotopic (exact) mass is 326 g/mol. The van der Waals surface area contributed by atoms with Gasteiger partial charge in [0.05, 0.1) is 19.8 Å². The Morgan fingerprint density at radius 3 is 2.64 bits per heavy atom. The van der Waals surface area contributed by atoms with Crippen molar-refractivity contribution in [2.45, 2.75) is 25.3 Å². The SMILES string of the molecule is COc1ccc(CC(=O)N2CCC[C@@H](NS(C)(=O)=O)C2)cc1. The predicted octanol–water partition coefficient (Wildman–Crippen LogP) is 0.778. The maximum Gasteiger partial charge on any atom is 0.227 e. The van der Waals surface area contributed by atoms with E-state index in [2.05, 4.69) is 4.72 Å². The highest BCUT2D eigenvalue weighted by Gasteiger charge is 2.25. The van der Waals surface area contributed by atoms with E-state index in [0.717, 1.165) is 30.4 Å². The molecule has 122 valence electrons. The summed E-state index contributed by atoms with van der Waals surface area (Å²) in [7, 11) is -1.64. The van der Waals surface area contributed by atoms with Crippen LogP contribution in [0.4, 0.5) is 0 Å². The van der Waals surface area contributed by atoms with Crippen molar-refractivity contribution in [3.05, 3.63) is 29.8 Å². The zero-order chi connectivity index (χ0) is 16.2. The van der Waals surface area contributed by atoms with Crippen molar-refractivity contribution >= 4 is 15.9 Å². The van der Waals surface area contributed by atoms with Crippen LogP contribution in [0.15, 0.2) is 24.3 Å². The van der Waals surface area contributed by atoms with Crippen molar-refractivity contribution in [2.75, 3.05) is 26.5 Å². The van der Waals surface area contributed by atoms with Crippen molar-refractivity contribution < 1.29 is 17.9 Å². The van der Waals surface area contributed by atoms with Gasteiger partial charge in [-0.3, -0.25) is 4.79 Å². The number of rotatable bonds is 5. The van der Waals surface area contributed by atoms with E-state index in [-0.39, 0.29) is 11.9 Å². The van der Waals surface area contributed by atoms with Crippen LogP contribution in [0.5, 0.6) is 5.75 Å². The van der Waals surface area contributed by atoms with E-state index in [0.29, 0.717) is 19.5 Å². The summed E-state index contributed by atoms with van der Waals surface area (Å²) < 4.78 is 30.3. The zero-order valence-corrected chi connectivity index (χ0v) is 13.7. The number of likely N-dealkylation sites (tertiary alicyclic amines) is 1. The molecule has 0 saturated carbocycles. The average molecular weight is 326 g/mol. The van der Waals surface area contributed by atoms with E-state index in [1.165, 1.54) is 0 Å². The van der Waals surface area contributed by atoms with Gasteiger partial charge in [-0.25, -0.2) is 13.1 Å². The van der Waals surface area contributed by atoms with Crippen LogP contribution < -0.4 is 9.46 Å². The van der Waals surface area contributed by atoms with Crippen LogP contribution in [0.1, 0.15) is 18.4 Å². The van der Waals surface area contributed by atoms with Gasteiger partial charge in [-0.05, 0) is 30.5 Å². The summed E-state index contributed by atoms with van der Waals surface area (Å²) in [4.78, 5) is 14.1. The van der Waals surface area contributed by atoms with Crippen LogP contribution in [0.25, 0.3) is 0 Å². The van der Waals surface area contributed by atoms with Crippen LogP contribution in [0, 0.1) is 0 Å².